The van der Waals surface area contributed by atoms with Crippen LogP contribution in [0.2, 0.25) is 0 Å². The van der Waals surface area contributed by atoms with E-state index in [2.05, 4.69) is 27.4 Å². The Morgan fingerprint density at radius 2 is 2.00 bits per heavy atom. The zero-order chi connectivity index (χ0) is 18.2. The molecule has 2 fully saturated rings. The van der Waals surface area contributed by atoms with Crippen molar-refractivity contribution in [3.8, 4) is 16.9 Å². The van der Waals surface area contributed by atoms with Crippen LogP contribution in [0.4, 0.5) is 5.82 Å². The van der Waals surface area contributed by atoms with E-state index < -0.39 is 0 Å². The summed E-state index contributed by atoms with van der Waals surface area (Å²) in [6, 6.07) is 8.66. The number of thiophene rings is 1. The van der Waals surface area contributed by atoms with E-state index in [0.717, 1.165) is 36.0 Å². The maximum absolute atomic E-state index is 6.07. The lowest BCUT2D eigenvalue weighted by Gasteiger charge is -2.44. The molecule has 0 amide bonds. The molecule has 2 aliphatic rings. The molecule has 2 unspecified atom stereocenters. The molecule has 1 saturated heterocycles. The molecule has 2 atom stereocenters. The first kappa shape index (κ1) is 17.0. The Hall–Kier alpha value is -2.18. The third-order valence-corrected chi connectivity index (χ3v) is 6.64. The van der Waals surface area contributed by atoms with Crippen LogP contribution in [0.15, 0.2) is 36.0 Å². The Labute approximate surface area is 163 Å². The molecule has 2 aromatic heterocycles. The number of fused-ring (bicyclic) bond motifs is 2. The van der Waals surface area contributed by atoms with E-state index in [9.17, 15) is 0 Å². The van der Waals surface area contributed by atoms with Crippen LogP contribution in [0, 0.1) is 0 Å². The number of morpholine rings is 1. The molecule has 0 N–H and O–H groups in total. The second-order valence-electron chi connectivity index (χ2n) is 7.21. The molecule has 5 nitrogen and oxygen atoms in total. The summed E-state index contributed by atoms with van der Waals surface area (Å²) in [6.07, 6.45) is 6.91. The van der Waals surface area contributed by atoms with Crippen molar-refractivity contribution in [3.05, 3.63) is 36.0 Å². The number of anilines is 1. The van der Waals surface area contributed by atoms with Gasteiger partial charge >= 0.3 is 0 Å². The van der Waals surface area contributed by atoms with Crippen LogP contribution in [0.25, 0.3) is 21.3 Å². The van der Waals surface area contributed by atoms with Crippen LogP contribution in [-0.2, 0) is 4.74 Å². The zero-order valence-electron chi connectivity index (χ0n) is 15.4. The van der Waals surface area contributed by atoms with Crippen LogP contribution < -0.4 is 9.64 Å². The van der Waals surface area contributed by atoms with E-state index >= 15 is 0 Å². The van der Waals surface area contributed by atoms with Gasteiger partial charge in [0.25, 0.3) is 0 Å². The Balaban J connectivity index is 1.61. The van der Waals surface area contributed by atoms with Crippen molar-refractivity contribution in [2.75, 3.05) is 25.2 Å². The largest absolute Gasteiger partial charge is 0.497 e. The average molecular weight is 382 g/mol. The highest BCUT2D eigenvalue weighted by molar-refractivity contribution is 7.17. The minimum absolute atomic E-state index is 0.334. The van der Waals surface area contributed by atoms with Crippen molar-refractivity contribution in [2.24, 2.45) is 0 Å². The van der Waals surface area contributed by atoms with Gasteiger partial charge in [-0.1, -0.05) is 25.0 Å². The van der Waals surface area contributed by atoms with E-state index in [1.165, 1.54) is 35.8 Å². The first-order chi connectivity index (χ1) is 13.3. The van der Waals surface area contributed by atoms with E-state index in [4.69, 9.17) is 14.5 Å². The number of rotatable bonds is 3. The van der Waals surface area contributed by atoms with Crippen LogP contribution in [0.3, 0.4) is 0 Å². The number of nitrogens with zero attached hydrogens (tertiary/aromatic N) is 3. The van der Waals surface area contributed by atoms with Crippen LogP contribution in [-0.4, -0.2) is 42.4 Å². The molecule has 140 valence electrons. The molecule has 6 heteroatoms. The molecule has 27 heavy (non-hydrogen) atoms. The SMILES string of the molecule is COc1ccc(-c2csc3ncnc(N4CCOC5CCCCC54)c23)cc1. The maximum atomic E-state index is 6.07. The average Bonchev–Trinajstić information content (AvgIpc) is 3.18. The van der Waals surface area contributed by atoms with Gasteiger partial charge < -0.3 is 14.4 Å². The van der Waals surface area contributed by atoms with E-state index in [-0.39, 0.29) is 0 Å². The van der Waals surface area contributed by atoms with Gasteiger partial charge in [-0.25, -0.2) is 9.97 Å². The molecule has 3 aromatic rings. The lowest BCUT2D eigenvalue weighted by molar-refractivity contribution is -0.00887. The van der Waals surface area contributed by atoms with Crippen molar-refractivity contribution >= 4 is 27.4 Å². The Morgan fingerprint density at radius 3 is 2.85 bits per heavy atom. The van der Waals surface area contributed by atoms with Gasteiger partial charge in [-0.15, -0.1) is 11.3 Å². The molecule has 1 aliphatic heterocycles. The second-order valence-corrected chi connectivity index (χ2v) is 8.07. The summed E-state index contributed by atoms with van der Waals surface area (Å²) in [4.78, 5) is 12.8. The molecule has 1 aromatic carbocycles. The lowest BCUT2D eigenvalue weighted by atomic mass is 9.90. The fourth-order valence-electron chi connectivity index (χ4n) is 4.42. The van der Waals surface area contributed by atoms with Gasteiger partial charge in [-0.05, 0) is 30.5 Å². The number of ether oxygens (including phenoxy) is 2. The first-order valence-corrected chi connectivity index (χ1v) is 10.5. The Morgan fingerprint density at radius 1 is 1.15 bits per heavy atom. The third kappa shape index (κ3) is 2.97. The van der Waals surface area contributed by atoms with Crippen molar-refractivity contribution in [1.29, 1.82) is 0 Å². The summed E-state index contributed by atoms with van der Waals surface area (Å²) < 4.78 is 11.4. The van der Waals surface area contributed by atoms with Crippen molar-refractivity contribution < 1.29 is 9.47 Å². The van der Waals surface area contributed by atoms with Gasteiger partial charge in [0.15, 0.2) is 0 Å². The number of benzene rings is 1. The fraction of sp³-hybridized carbons (Fsp3) is 0.429. The summed E-state index contributed by atoms with van der Waals surface area (Å²) in [5, 5.41) is 3.36. The summed E-state index contributed by atoms with van der Waals surface area (Å²) in [5.74, 6) is 1.93. The van der Waals surface area contributed by atoms with Gasteiger partial charge in [0, 0.05) is 17.5 Å². The van der Waals surface area contributed by atoms with Crippen molar-refractivity contribution in [3.63, 3.8) is 0 Å². The summed E-state index contributed by atoms with van der Waals surface area (Å²) in [6.45, 7) is 1.67. The Kier molecular flexibility index (Phi) is 4.45. The number of aromatic nitrogens is 2. The van der Waals surface area contributed by atoms with Crippen molar-refractivity contribution in [1.82, 2.24) is 9.97 Å². The topological polar surface area (TPSA) is 47.5 Å². The molecular formula is C21H23N3O2S. The van der Waals surface area contributed by atoms with Gasteiger partial charge in [0.05, 0.1) is 31.2 Å². The molecule has 0 bridgehead atoms. The fourth-order valence-corrected chi connectivity index (χ4v) is 5.33. The maximum Gasteiger partial charge on any atom is 0.141 e. The predicted molar refractivity (Wildman–Crippen MR) is 109 cm³/mol. The number of hydrogen-bond acceptors (Lipinski definition) is 6. The minimum Gasteiger partial charge on any atom is -0.497 e. The third-order valence-electron chi connectivity index (χ3n) is 5.76. The quantitative estimate of drug-likeness (QED) is 0.668. The molecule has 3 heterocycles. The van der Waals surface area contributed by atoms with Crippen LogP contribution in [0.5, 0.6) is 5.75 Å². The molecule has 5 rings (SSSR count). The van der Waals surface area contributed by atoms with Gasteiger partial charge in [0.1, 0.15) is 22.7 Å². The van der Waals surface area contributed by atoms with Crippen LogP contribution in [0.1, 0.15) is 25.7 Å². The van der Waals surface area contributed by atoms with E-state index in [1.807, 2.05) is 12.1 Å². The summed E-state index contributed by atoms with van der Waals surface area (Å²) in [5.41, 5.74) is 2.37. The highest BCUT2D eigenvalue weighted by atomic mass is 32.1. The normalized spacial score (nSPS) is 22.6. The molecule has 1 saturated carbocycles. The highest BCUT2D eigenvalue weighted by Crippen LogP contribution is 2.41. The van der Waals surface area contributed by atoms with Gasteiger partial charge in [-0.2, -0.15) is 0 Å². The Bertz CT molecular complexity index is 938. The molecule has 1 aliphatic carbocycles. The number of methoxy groups -OCH3 is 1. The summed E-state index contributed by atoms with van der Waals surface area (Å²) in [7, 11) is 1.69. The predicted octanol–water partition coefficient (Wildman–Crippen LogP) is 4.51. The minimum atomic E-state index is 0.334. The molecule has 0 spiro atoms. The lowest BCUT2D eigenvalue weighted by Crippen LogP contribution is -2.53. The highest BCUT2D eigenvalue weighted by Gasteiger charge is 2.36. The van der Waals surface area contributed by atoms with Crippen molar-refractivity contribution in [2.45, 2.75) is 37.8 Å². The molecular weight excluding hydrogens is 358 g/mol. The second kappa shape index (κ2) is 7.09. The number of hydrogen-bond donors (Lipinski definition) is 0. The smallest absolute Gasteiger partial charge is 0.141 e. The first-order valence-electron chi connectivity index (χ1n) is 9.60. The van der Waals surface area contributed by atoms with E-state index in [0.29, 0.717) is 12.1 Å². The standard InChI is InChI=1S/C21H23N3O2S/c1-25-15-8-6-14(7-9-15)16-12-27-21-19(16)20(22-13-23-21)24-10-11-26-18-5-3-2-4-17(18)24/h6-9,12-13,17-18H,2-5,10-11H2,1H3. The van der Waals surface area contributed by atoms with E-state index in [1.54, 1.807) is 24.8 Å². The van der Waals surface area contributed by atoms with Gasteiger partial charge in [-0.3, -0.25) is 0 Å². The zero-order valence-corrected chi connectivity index (χ0v) is 16.2. The summed E-state index contributed by atoms with van der Waals surface area (Å²) >= 11 is 1.69. The van der Waals surface area contributed by atoms with Gasteiger partial charge in [0.2, 0.25) is 0 Å². The molecule has 0 radical (unpaired) electrons. The monoisotopic (exact) mass is 381 g/mol. The van der Waals surface area contributed by atoms with Crippen LogP contribution >= 0.6 is 11.3 Å².